The molecule has 3 aromatic rings. The van der Waals surface area contributed by atoms with Crippen LogP contribution in [0.25, 0.3) is 0 Å². The summed E-state index contributed by atoms with van der Waals surface area (Å²) in [6.45, 7) is 4.75. The molecule has 37 heavy (non-hydrogen) atoms. The van der Waals surface area contributed by atoms with E-state index in [1.54, 1.807) is 7.11 Å². The third kappa shape index (κ3) is 6.76. The van der Waals surface area contributed by atoms with Crippen molar-refractivity contribution in [3.05, 3.63) is 83.4 Å². The van der Waals surface area contributed by atoms with Crippen LogP contribution in [0, 0.1) is 0 Å². The van der Waals surface area contributed by atoms with Gasteiger partial charge in [0.25, 0.3) is 0 Å². The highest BCUT2D eigenvalue weighted by molar-refractivity contribution is 5.54. The van der Waals surface area contributed by atoms with E-state index in [0.717, 1.165) is 56.1 Å². The number of piperidine rings is 1. The van der Waals surface area contributed by atoms with Crippen LogP contribution in [0.2, 0.25) is 0 Å². The predicted octanol–water partition coefficient (Wildman–Crippen LogP) is 5.56. The summed E-state index contributed by atoms with van der Waals surface area (Å²) in [5, 5.41) is 7.03. The van der Waals surface area contributed by atoms with Crippen LogP contribution in [-0.2, 0) is 17.8 Å². The molecular formula is C31H38N2O4. The fourth-order valence-electron chi connectivity index (χ4n) is 5.17. The molecule has 1 fully saturated rings. The van der Waals surface area contributed by atoms with Gasteiger partial charge in [-0.1, -0.05) is 36.4 Å². The fraction of sp³-hybridized carbons (Fsp3) is 0.419. The van der Waals surface area contributed by atoms with Gasteiger partial charge >= 0.3 is 0 Å². The van der Waals surface area contributed by atoms with E-state index >= 15 is 0 Å². The molecule has 5 rings (SSSR count). The average molecular weight is 503 g/mol. The SMILES string of the molecule is COc1ccccc1OCCCOc1ccc([C@H]2CCNC[C@@H]2OCc2ccc3c(c2)NCCC3)cc1. The first-order valence-corrected chi connectivity index (χ1v) is 13.5. The number of ether oxygens (including phenoxy) is 4. The fourth-order valence-corrected chi connectivity index (χ4v) is 5.17. The molecule has 3 aromatic carbocycles. The molecule has 6 nitrogen and oxygen atoms in total. The van der Waals surface area contributed by atoms with Gasteiger partial charge in [0.05, 0.1) is 33.0 Å². The summed E-state index contributed by atoms with van der Waals surface area (Å²) in [5.74, 6) is 2.77. The smallest absolute Gasteiger partial charge is 0.161 e. The van der Waals surface area contributed by atoms with Crippen molar-refractivity contribution in [2.24, 2.45) is 0 Å². The number of fused-ring (bicyclic) bond motifs is 1. The van der Waals surface area contributed by atoms with E-state index in [4.69, 9.17) is 18.9 Å². The maximum absolute atomic E-state index is 6.46. The van der Waals surface area contributed by atoms with E-state index in [0.29, 0.717) is 25.7 Å². The van der Waals surface area contributed by atoms with Crippen LogP contribution in [0.4, 0.5) is 5.69 Å². The highest BCUT2D eigenvalue weighted by atomic mass is 16.5. The van der Waals surface area contributed by atoms with Gasteiger partial charge in [0.15, 0.2) is 11.5 Å². The Labute approximate surface area is 220 Å². The molecule has 2 aliphatic rings. The summed E-state index contributed by atoms with van der Waals surface area (Å²) in [6, 6.07) is 22.9. The van der Waals surface area contributed by atoms with E-state index in [1.807, 2.05) is 24.3 Å². The Morgan fingerprint density at radius 3 is 2.59 bits per heavy atom. The molecule has 0 radical (unpaired) electrons. The van der Waals surface area contributed by atoms with E-state index in [2.05, 4.69) is 53.1 Å². The summed E-state index contributed by atoms with van der Waals surface area (Å²) >= 11 is 0. The summed E-state index contributed by atoms with van der Waals surface area (Å²) in [4.78, 5) is 0. The molecule has 0 aliphatic carbocycles. The standard InChI is InChI=1S/C31H38N2O4/c1-34-29-7-2-3-8-30(29)36-19-5-18-35-26-13-11-24(12-14-26)27-15-17-32-21-31(27)37-22-23-9-10-25-6-4-16-33-28(25)20-23/h2-3,7-14,20,27,31-33H,4-6,15-19,21-22H2,1H3/t27-,31+/m1/s1. The Balaban J connectivity index is 1.09. The molecule has 0 spiro atoms. The second kappa shape index (κ2) is 12.8. The molecule has 0 saturated carbocycles. The topological polar surface area (TPSA) is 61.0 Å². The zero-order valence-electron chi connectivity index (χ0n) is 21.7. The Bertz CT molecular complexity index is 1130. The first-order valence-electron chi connectivity index (χ1n) is 13.5. The van der Waals surface area contributed by atoms with E-state index in [-0.39, 0.29) is 6.10 Å². The maximum atomic E-state index is 6.46. The zero-order chi connectivity index (χ0) is 25.3. The van der Waals surface area contributed by atoms with Crippen molar-refractivity contribution in [1.29, 1.82) is 0 Å². The number of nitrogens with one attached hydrogen (secondary N) is 2. The summed E-state index contributed by atoms with van der Waals surface area (Å²) in [5.41, 5.74) is 5.23. The number of benzene rings is 3. The second-order valence-electron chi connectivity index (χ2n) is 9.74. The van der Waals surface area contributed by atoms with Crippen LogP contribution in [-0.4, -0.2) is 46.1 Å². The molecule has 0 unspecified atom stereocenters. The summed E-state index contributed by atoms with van der Waals surface area (Å²) in [7, 11) is 1.65. The molecule has 0 bridgehead atoms. The third-order valence-corrected chi connectivity index (χ3v) is 7.20. The van der Waals surface area contributed by atoms with Crippen LogP contribution >= 0.6 is 0 Å². The first-order chi connectivity index (χ1) is 18.3. The quantitative estimate of drug-likeness (QED) is 0.335. The number of methoxy groups -OCH3 is 1. The van der Waals surface area contributed by atoms with Crippen molar-refractivity contribution in [2.45, 2.75) is 44.3 Å². The predicted molar refractivity (Wildman–Crippen MR) is 147 cm³/mol. The van der Waals surface area contributed by atoms with Gasteiger partial charge in [-0.2, -0.15) is 0 Å². The molecule has 6 heteroatoms. The van der Waals surface area contributed by atoms with Crippen LogP contribution in [0.15, 0.2) is 66.7 Å². The van der Waals surface area contributed by atoms with Crippen LogP contribution in [0.3, 0.4) is 0 Å². The van der Waals surface area contributed by atoms with Crippen LogP contribution in [0.5, 0.6) is 17.2 Å². The van der Waals surface area contributed by atoms with E-state index in [1.165, 1.54) is 28.8 Å². The van der Waals surface area contributed by atoms with Crippen molar-refractivity contribution in [3.8, 4) is 17.2 Å². The maximum Gasteiger partial charge on any atom is 0.161 e. The Hall–Kier alpha value is -3.22. The summed E-state index contributed by atoms with van der Waals surface area (Å²) in [6.07, 6.45) is 4.38. The minimum Gasteiger partial charge on any atom is -0.493 e. The van der Waals surface area contributed by atoms with Gasteiger partial charge in [0.2, 0.25) is 0 Å². The lowest BCUT2D eigenvalue weighted by molar-refractivity contribution is 0.0106. The largest absolute Gasteiger partial charge is 0.493 e. The van der Waals surface area contributed by atoms with Gasteiger partial charge in [-0.3, -0.25) is 0 Å². The molecule has 2 N–H and O–H groups in total. The summed E-state index contributed by atoms with van der Waals surface area (Å²) < 4.78 is 23.6. The molecular weight excluding hydrogens is 464 g/mol. The Morgan fingerprint density at radius 1 is 0.892 bits per heavy atom. The van der Waals surface area contributed by atoms with Crippen molar-refractivity contribution in [1.82, 2.24) is 5.32 Å². The van der Waals surface area contributed by atoms with Crippen molar-refractivity contribution in [3.63, 3.8) is 0 Å². The number of hydrogen-bond acceptors (Lipinski definition) is 6. The lowest BCUT2D eigenvalue weighted by Gasteiger charge is -2.32. The minimum absolute atomic E-state index is 0.150. The molecule has 2 aliphatic heterocycles. The highest BCUT2D eigenvalue weighted by Gasteiger charge is 2.27. The zero-order valence-corrected chi connectivity index (χ0v) is 21.7. The molecule has 0 aromatic heterocycles. The monoisotopic (exact) mass is 502 g/mol. The lowest BCUT2D eigenvalue weighted by Crippen LogP contribution is -2.40. The van der Waals surface area contributed by atoms with Gasteiger partial charge in [-0.05, 0) is 72.8 Å². The van der Waals surface area contributed by atoms with Crippen molar-refractivity contribution >= 4 is 5.69 Å². The van der Waals surface area contributed by atoms with E-state index in [9.17, 15) is 0 Å². The van der Waals surface area contributed by atoms with Gasteiger partial charge in [0, 0.05) is 31.1 Å². The Kier molecular flexibility index (Phi) is 8.82. The minimum atomic E-state index is 0.150. The van der Waals surface area contributed by atoms with Gasteiger partial charge in [-0.15, -0.1) is 0 Å². The normalized spacial score (nSPS) is 18.9. The van der Waals surface area contributed by atoms with Crippen molar-refractivity contribution < 1.29 is 18.9 Å². The average Bonchev–Trinajstić information content (AvgIpc) is 2.96. The molecule has 0 amide bonds. The van der Waals surface area contributed by atoms with Crippen LogP contribution < -0.4 is 24.8 Å². The molecule has 1 saturated heterocycles. The first kappa shape index (κ1) is 25.4. The van der Waals surface area contributed by atoms with Gasteiger partial charge < -0.3 is 29.6 Å². The number of rotatable bonds is 11. The van der Waals surface area contributed by atoms with E-state index < -0.39 is 0 Å². The number of hydrogen-bond donors (Lipinski definition) is 2. The third-order valence-electron chi connectivity index (χ3n) is 7.20. The molecule has 2 atom stereocenters. The van der Waals surface area contributed by atoms with Gasteiger partial charge in [0.1, 0.15) is 5.75 Å². The molecule has 2 heterocycles. The highest BCUT2D eigenvalue weighted by Crippen LogP contribution is 2.31. The second-order valence-corrected chi connectivity index (χ2v) is 9.74. The number of anilines is 1. The van der Waals surface area contributed by atoms with Crippen molar-refractivity contribution in [2.75, 3.05) is 45.3 Å². The Morgan fingerprint density at radius 2 is 1.73 bits per heavy atom. The number of para-hydroxylation sites is 2. The van der Waals surface area contributed by atoms with Gasteiger partial charge in [-0.25, -0.2) is 0 Å². The number of aryl methyl sites for hydroxylation is 1. The lowest BCUT2D eigenvalue weighted by atomic mass is 9.87. The molecule has 196 valence electrons. The van der Waals surface area contributed by atoms with Crippen LogP contribution in [0.1, 0.15) is 41.9 Å².